The summed E-state index contributed by atoms with van der Waals surface area (Å²) in [5.41, 5.74) is 0. The summed E-state index contributed by atoms with van der Waals surface area (Å²) in [5, 5.41) is 17.2. The third-order valence-electron chi connectivity index (χ3n) is 2.37. The average molecular weight is 252 g/mol. The molecule has 0 saturated heterocycles. The van der Waals surface area contributed by atoms with Crippen LogP contribution in [0.15, 0.2) is 37.0 Å². The van der Waals surface area contributed by atoms with E-state index >= 15 is 0 Å². The van der Waals surface area contributed by atoms with Crippen molar-refractivity contribution in [2.75, 3.05) is 0 Å². The van der Waals surface area contributed by atoms with E-state index in [9.17, 15) is 9.59 Å². The lowest BCUT2D eigenvalue weighted by Gasteiger charge is -2.03. The number of hydrogen-bond donors (Lipinski definition) is 2. The van der Waals surface area contributed by atoms with Crippen molar-refractivity contribution in [1.82, 2.24) is 0 Å². The lowest BCUT2D eigenvalue weighted by atomic mass is 10.0. The fourth-order valence-corrected chi connectivity index (χ4v) is 1.35. The Labute approximate surface area is 107 Å². The van der Waals surface area contributed by atoms with Crippen LogP contribution < -0.4 is 0 Å². The van der Waals surface area contributed by atoms with Crippen molar-refractivity contribution >= 4 is 11.9 Å². The zero-order valence-electron chi connectivity index (χ0n) is 10.4. The van der Waals surface area contributed by atoms with E-state index in [4.69, 9.17) is 10.2 Å². The molecule has 0 spiro atoms. The molecular formula is C14H20O4. The van der Waals surface area contributed by atoms with Crippen LogP contribution in [0.25, 0.3) is 0 Å². The smallest absolute Gasteiger partial charge is 0.310 e. The van der Waals surface area contributed by atoms with Gasteiger partial charge in [-0.05, 0) is 25.7 Å². The van der Waals surface area contributed by atoms with Crippen LogP contribution >= 0.6 is 0 Å². The van der Waals surface area contributed by atoms with E-state index in [-0.39, 0.29) is 6.42 Å². The molecule has 0 aliphatic carbocycles. The zero-order valence-corrected chi connectivity index (χ0v) is 10.4. The fraction of sp³-hybridized carbons (Fsp3) is 0.429. The molecule has 0 bridgehead atoms. The first kappa shape index (κ1) is 16.2. The van der Waals surface area contributed by atoms with Gasteiger partial charge < -0.3 is 10.2 Å². The van der Waals surface area contributed by atoms with E-state index in [0.29, 0.717) is 12.8 Å². The molecule has 0 radical (unpaired) electrons. The standard InChI is InChI=1S/C14H20O4/c1-2-12(14(17)18)10-8-6-4-3-5-7-9-11-13(15)16/h2,4,6-7,9,12H,1,3,5,8,10-11H2,(H,15,16)(H,17,18)/b6-4-,9-7+. The number of unbranched alkanes of at least 4 members (excludes halogenated alkanes) is 1. The van der Waals surface area contributed by atoms with Crippen LogP contribution in [0.5, 0.6) is 0 Å². The molecule has 0 aliphatic heterocycles. The number of rotatable bonds is 10. The van der Waals surface area contributed by atoms with Gasteiger partial charge in [-0.3, -0.25) is 9.59 Å². The van der Waals surface area contributed by atoms with Gasteiger partial charge in [-0.25, -0.2) is 0 Å². The fourth-order valence-electron chi connectivity index (χ4n) is 1.35. The van der Waals surface area contributed by atoms with Crippen LogP contribution in [-0.4, -0.2) is 22.2 Å². The van der Waals surface area contributed by atoms with Crippen molar-refractivity contribution in [3.8, 4) is 0 Å². The van der Waals surface area contributed by atoms with Crippen LogP contribution in [0, 0.1) is 5.92 Å². The van der Waals surface area contributed by atoms with Gasteiger partial charge >= 0.3 is 11.9 Å². The SMILES string of the molecule is C=CC(CC/C=C\CC/C=C/CC(=O)O)C(=O)O. The van der Waals surface area contributed by atoms with Crippen LogP contribution in [-0.2, 0) is 9.59 Å². The summed E-state index contributed by atoms with van der Waals surface area (Å²) in [6.07, 6.45) is 11.8. The second-order valence-corrected chi connectivity index (χ2v) is 3.88. The van der Waals surface area contributed by atoms with Gasteiger partial charge in [0, 0.05) is 0 Å². The van der Waals surface area contributed by atoms with Gasteiger partial charge in [0.25, 0.3) is 0 Å². The predicted molar refractivity (Wildman–Crippen MR) is 70.3 cm³/mol. The van der Waals surface area contributed by atoms with Gasteiger partial charge in [0.05, 0.1) is 12.3 Å². The number of hydrogen-bond acceptors (Lipinski definition) is 2. The lowest BCUT2D eigenvalue weighted by Crippen LogP contribution is -2.09. The highest BCUT2D eigenvalue weighted by atomic mass is 16.4. The molecule has 0 heterocycles. The monoisotopic (exact) mass is 252 g/mol. The van der Waals surface area contributed by atoms with Gasteiger partial charge in [-0.1, -0.05) is 30.4 Å². The van der Waals surface area contributed by atoms with Gasteiger partial charge in [0.2, 0.25) is 0 Å². The summed E-state index contributed by atoms with van der Waals surface area (Å²) in [4.78, 5) is 20.9. The quantitative estimate of drug-likeness (QED) is 0.463. The molecule has 1 unspecified atom stereocenters. The maximum Gasteiger partial charge on any atom is 0.310 e. The first-order valence-corrected chi connectivity index (χ1v) is 5.95. The number of allylic oxidation sites excluding steroid dienone is 3. The van der Waals surface area contributed by atoms with Crippen LogP contribution in [0.4, 0.5) is 0 Å². The normalized spacial score (nSPS) is 12.9. The van der Waals surface area contributed by atoms with Crippen LogP contribution in [0.1, 0.15) is 32.1 Å². The minimum atomic E-state index is -0.838. The summed E-state index contributed by atoms with van der Waals surface area (Å²) in [5.74, 6) is -2.15. The second kappa shape index (κ2) is 10.3. The predicted octanol–water partition coefficient (Wildman–Crippen LogP) is 3.02. The molecule has 2 N–H and O–H groups in total. The third kappa shape index (κ3) is 9.39. The lowest BCUT2D eigenvalue weighted by molar-refractivity contribution is -0.140. The molecular weight excluding hydrogens is 232 g/mol. The molecule has 100 valence electrons. The second-order valence-electron chi connectivity index (χ2n) is 3.88. The Morgan fingerprint density at radius 1 is 1.00 bits per heavy atom. The van der Waals surface area contributed by atoms with Gasteiger partial charge in [-0.2, -0.15) is 0 Å². The van der Waals surface area contributed by atoms with Gasteiger partial charge in [-0.15, -0.1) is 6.58 Å². The Bertz CT molecular complexity index is 329. The Morgan fingerprint density at radius 3 is 2.06 bits per heavy atom. The highest BCUT2D eigenvalue weighted by Crippen LogP contribution is 2.08. The highest BCUT2D eigenvalue weighted by Gasteiger charge is 2.10. The van der Waals surface area contributed by atoms with Crippen LogP contribution in [0.2, 0.25) is 0 Å². The number of carboxylic acids is 2. The minimum absolute atomic E-state index is 0.0589. The van der Waals surface area contributed by atoms with Crippen molar-refractivity contribution in [3.63, 3.8) is 0 Å². The van der Waals surface area contributed by atoms with E-state index in [2.05, 4.69) is 6.58 Å². The van der Waals surface area contributed by atoms with Crippen molar-refractivity contribution in [3.05, 3.63) is 37.0 Å². The Hall–Kier alpha value is -1.84. The Balaban J connectivity index is 3.60. The number of carbonyl (C=O) groups is 2. The van der Waals surface area contributed by atoms with Crippen LogP contribution in [0.3, 0.4) is 0 Å². The Morgan fingerprint density at radius 2 is 1.56 bits per heavy atom. The molecule has 0 aromatic heterocycles. The van der Waals surface area contributed by atoms with Crippen molar-refractivity contribution in [2.24, 2.45) is 5.92 Å². The van der Waals surface area contributed by atoms with Gasteiger partial charge in [0.15, 0.2) is 0 Å². The minimum Gasteiger partial charge on any atom is -0.481 e. The number of aliphatic carboxylic acids is 2. The first-order chi connectivity index (χ1) is 8.57. The van der Waals surface area contributed by atoms with E-state index in [1.165, 1.54) is 6.08 Å². The van der Waals surface area contributed by atoms with E-state index in [1.54, 1.807) is 6.08 Å². The summed E-state index contributed by atoms with van der Waals surface area (Å²) >= 11 is 0. The molecule has 0 aliphatic rings. The van der Waals surface area contributed by atoms with Crippen molar-refractivity contribution in [1.29, 1.82) is 0 Å². The molecule has 0 saturated carbocycles. The molecule has 0 aromatic rings. The molecule has 0 fully saturated rings. The van der Waals surface area contributed by atoms with E-state index in [0.717, 1.165) is 12.8 Å². The van der Waals surface area contributed by atoms with Crippen molar-refractivity contribution in [2.45, 2.75) is 32.1 Å². The molecule has 0 aromatic carbocycles. The van der Waals surface area contributed by atoms with E-state index < -0.39 is 17.9 Å². The summed E-state index contributed by atoms with van der Waals surface area (Å²) in [6.45, 7) is 3.48. The van der Waals surface area contributed by atoms with Crippen molar-refractivity contribution < 1.29 is 19.8 Å². The maximum atomic E-state index is 10.7. The topological polar surface area (TPSA) is 74.6 Å². The molecule has 4 heteroatoms. The zero-order chi connectivity index (χ0) is 13.8. The third-order valence-corrected chi connectivity index (χ3v) is 2.37. The largest absolute Gasteiger partial charge is 0.481 e. The Kier molecular flexibility index (Phi) is 9.27. The molecule has 0 rings (SSSR count). The van der Waals surface area contributed by atoms with E-state index in [1.807, 2.05) is 18.2 Å². The summed E-state index contributed by atoms with van der Waals surface area (Å²) in [7, 11) is 0. The number of carboxylic acid groups (broad SMARTS) is 2. The molecule has 0 amide bonds. The molecule has 4 nitrogen and oxygen atoms in total. The molecule has 18 heavy (non-hydrogen) atoms. The summed E-state index contributed by atoms with van der Waals surface area (Å²) in [6, 6.07) is 0. The molecule has 1 atom stereocenters. The first-order valence-electron chi connectivity index (χ1n) is 5.95. The highest BCUT2D eigenvalue weighted by molar-refractivity contribution is 5.71. The maximum absolute atomic E-state index is 10.7. The van der Waals surface area contributed by atoms with Gasteiger partial charge in [0.1, 0.15) is 0 Å². The average Bonchev–Trinajstić information content (AvgIpc) is 2.31. The summed E-state index contributed by atoms with van der Waals surface area (Å²) < 4.78 is 0.